The van der Waals surface area contributed by atoms with Gasteiger partial charge >= 0.3 is 0 Å². The zero-order chi connectivity index (χ0) is 19.5. The zero-order valence-electron chi connectivity index (χ0n) is 18.7. The Morgan fingerprint density at radius 2 is 1.22 bits per heavy atom. The SMILES string of the molecule is CCCCN1CCN(CCCC)C1=CC1=[N+](CCCC)CCN1CCCC. The summed E-state index contributed by atoms with van der Waals surface area (Å²) in [5.41, 5.74) is 0. The number of nitrogens with zero attached hydrogens (tertiary/aromatic N) is 4. The molecule has 1 saturated heterocycles. The minimum absolute atomic E-state index is 1.20. The molecule has 0 spiro atoms. The molecule has 0 amide bonds. The van der Waals surface area contributed by atoms with Crippen molar-refractivity contribution in [3.05, 3.63) is 11.9 Å². The lowest BCUT2D eigenvalue weighted by atomic mass is 10.3. The van der Waals surface area contributed by atoms with E-state index in [1.807, 2.05) is 0 Å². The molecular weight excluding hydrogens is 332 g/mol. The van der Waals surface area contributed by atoms with Crippen molar-refractivity contribution < 1.29 is 4.58 Å². The van der Waals surface area contributed by atoms with Crippen LogP contribution in [-0.4, -0.2) is 77.5 Å². The first-order chi connectivity index (χ1) is 13.2. The van der Waals surface area contributed by atoms with Crippen LogP contribution in [0.3, 0.4) is 0 Å². The number of hydrogen-bond donors (Lipinski definition) is 0. The third-order valence-corrected chi connectivity index (χ3v) is 5.96. The van der Waals surface area contributed by atoms with Crippen LogP contribution in [0.2, 0.25) is 0 Å². The van der Waals surface area contributed by atoms with Gasteiger partial charge in [0, 0.05) is 26.2 Å². The number of unbranched alkanes of at least 4 members (excludes halogenated alkanes) is 4. The molecule has 1 fully saturated rings. The predicted octanol–water partition coefficient (Wildman–Crippen LogP) is 4.37. The van der Waals surface area contributed by atoms with Gasteiger partial charge in [-0.3, -0.25) is 9.48 Å². The zero-order valence-corrected chi connectivity index (χ0v) is 18.7. The lowest BCUT2D eigenvalue weighted by molar-refractivity contribution is -0.517. The highest BCUT2D eigenvalue weighted by Gasteiger charge is 2.32. The summed E-state index contributed by atoms with van der Waals surface area (Å²) in [4.78, 5) is 7.96. The molecule has 4 nitrogen and oxygen atoms in total. The van der Waals surface area contributed by atoms with Gasteiger partial charge < -0.3 is 9.80 Å². The summed E-state index contributed by atoms with van der Waals surface area (Å²) in [7, 11) is 0. The minimum atomic E-state index is 1.20. The van der Waals surface area contributed by atoms with E-state index in [4.69, 9.17) is 0 Å². The van der Waals surface area contributed by atoms with Crippen LogP contribution in [0, 0.1) is 0 Å². The predicted molar refractivity (Wildman–Crippen MR) is 117 cm³/mol. The Balaban J connectivity index is 2.25. The highest BCUT2D eigenvalue weighted by molar-refractivity contribution is 5.90. The quantitative estimate of drug-likeness (QED) is 0.442. The Bertz CT molecular complexity index is 465. The summed E-state index contributed by atoms with van der Waals surface area (Å²) in [6, 6.07) is 0. The summed E-state index contributed by atoms with van der Waals surface area (Å²) in [5.74, 6) is 2.99. The van der Waals surface area contributed by atoms with Crippen LogP contribution in [0.4, 0.5) is 0 Å². The Kier molecular flexibility index (Phi) is 10.1. The van der Waals surface area contributed by atoms with Crippen LogP contribution in [0.25, 0.3) is 0 Å². The van der Waals surface area contributed by atoms with Gasteiger partial charge in [0.1, 0.15) is 18.9 Å². The maximum atomic E-state index is 2.65. The molecule has 2 aliphatic rings. The van der Waals surface area contributed by atoms with E-state index in [1.165, 1.54) is 115 Å². The molecule has 156 valence electrons. The second-order valence-corrected chi connectivity index (χ2v) is 8.22. The van der Waals surface area contributed by atoms with Crippen LogP contribution in [0.1, 0.15) is 79.1 Å². The molecule has 0 atom stereocenters. The number of rotatable bonds is 13. The highest BCUT2D eigenvalue weighted by atomic mass is 15.4. The van der Waals surface area contributed by atoms with Gasteiger partial charge in [-0.15, -0.1) is 0 Å². The fraction of sp³-hybridized carbons (Fsp3) is 0.870. The molecule has 2 rings (SSSR count). The summed E-state index contributed by atoms with van der Waals surface area (Å²) >= 11 is 0. The average molecular weight is 378 g/mol. The molecule has 0 radical (unpaired) electrons. The summed E-state index contributed by atoms with van der Waals surface area (Å²) < 4.78 is 2.65. The molecule has 2 heterocycles. The van der Waals surface area contributed by atoms with E-state index in [9.17, 15) is 0 Å². The lowest BCUT2D eigenvalue weighted by Crippen LogP contribution is -2.33. The second kappa shape index (κ2) is 12.3. The van der Waals surface area contributed by atoms with E-state index in [0.717, 1.165) is 0 Å². The lowest BCUT2D eigenvalue weighted by Gasteiger charge is -2.25. The monoisotopic (exact) mass is 377 g/mol. The Morgan fingerprint density at radius 1 is 0.704 bits per heavy atom. The summed E-state index contributed by atoms with van der Waals surface area (Å²) in [6.45, 7) is 18.9. The summed E-state index contributed by atoms with van der Waals surface area (Å²) in [5, 5.41) is 0. The van der Waals surface area contributed by atoms with Crippen molar-refractivity contribution in [2.75, 3.05) is 52.4 Å². The molecule has 0 aromatic heterocycles. The highest BCUT2D eigenvalue weighted by Crippen LogP contribution is 2.21. The van der Waals surface area contributed by atoms with Gasteiger partial charge in [0.05, 0.1) is 19.2 Å². The van der Waals surface area contributed by atoms with Crippen molar-refractivity contribution in [1.29, 1.82) is 0 Å². The standard InChI is InChI=1S/C23H45N4/c1-5-9-13-24-17-18-25(14-10-6-2)22(24)21-23-26(15-11-7-3)19-20-27(23)16-12-8-4/h21H,5-20H2,1-4H3/q+1. The third-order valence-electron chi connectivity index (χ3n) is 5.96. The van der Waals surface area contributed by atoms with E-state index in [2.05, 4.69) is 53.0 Å². The molecule has 0 aromatic carbocycles. The van der Waals surface area contributed by atoms with Crippen LogP contribution in [0.15, 0.2) is 11.9 Å². The van der Waals surface area contributed by atoms with Crippen molar-refractivity contribution >= 4 is 5.84 Å². The van der Waals surface area contributed by atoms with Gasteiger partial charge in [0.15, 0.2) is 0 Å². The molecule has 27 heavy (non-hydrogen) atoms. The molecular formula is C23H45N4+. The van der Waals surface area contributed by atoms with Gasteiger partial charge in [-0.25, -0.2) is 0 Å². The van der Waals surface area contributed by atoms with E-state index in [1.54, 1.807) is 0 Å². The van der Waals surface area contributed by atoms with Crippen LogP contribution >= 0.6 is 0 Å². The molecule has 0 aromatic rings. The first-order valence-electron chi connectivity index (χ1n) is 11.8. The van der Waals surface area contributed by atoms with Crippen molar-refractivity contribution in [3.63, 3.8) is 0 Å². The molecule has 2 aliphatic heterocycles. The Hall–Kier alpha value is -1.19. The maximum Gasteiger partial charge on any atom is 0.275 e. The topological polar surface area (TPSA) is 12.7 Å². The van der Waals surface area contributed by atoms with E-state index >= 15 is 0 Å². The molecule has 0 aliphatic carbocycles. The normalized spacial score (nSPS) is 17.6. The van der Waals surface area contributed by atoms with Gasteiger partial charge in [-0.2, -0.15) is 0 Å². The van der Waals surface area contributed by atoms with Gasteiger partial charge in [-0.05, 0) is 25.7 Å². The fourth-order valence-corrected chi connectivity index (χ4v) is 4.12. The van der Waals surface area contributed by atoms with Crippen LogP contribution in [-0.2, 0) is 0 Å². The molecule has 0 saturated carbocycles. The van der Waals surface area contributed by atoms with Crippen molar-refractivity contribution in [2.24, 2.45) is 0 Å². The van der Waals surface area contributed by atoms with Crippen LogP contribution < -0.4 is 0 Å². The third kappa shape index (κ3) is 6.43. The fourth-order valence-electron chi connectivity index (χ4n) is 4.12. The minimum Gasteiger partial charge on any atom is -0.356 e. The van der Waals surface area contributed by atoms with Gasteiger partial charge in [-0.1, -0.05) is 53.4 Å². The second-order valence-electron chi connectivity index (χ2n) is 8.22. The molecule has 4 heteroatoms. The van der Waals surface area contributed by atoms with E-state index in [-0.39, 0.29) is 0 Å². The van der Waals surface area contributed by atoms with Gasteiger partial charge in [0.25, 0.3) is 5.84 Å². The van der Waals surface area contributed by atoms with Gasteiger partial charge in [0.2, 0.25) is 0 Å². The number of hydrogen-bond acceptors (Lipinski definition) is 3. The molecule has 0 N–H and O–H groups in total. The largest absolute Gasteiger partial charge is 0.356 e. The smallest absolute Gasteiger partial charge is 0.275 e. The average Bonchev–Trinajstić information content (AvgIpc) is 3.25. The first-order valence-corrected chi connectivity index (χ1v) is 11.8. The Morgan fingerprint density at radius 3 is 1.74 bits per heavy atom. The Labute approximate surface area is 168 Å². The van der Waals surface area contributed by atoms with E-state index in [0.29, 0.717) is 0 Å². The van der Waals surface area contributed by atoms with Crippen molar-refractivity contribution in [1.82, 2.24) is 14.7 Å². The van der Waals surface area contributed by atoms with Crippen LogP contribution in [0.5, 0.6) is 0 Å². The van der Waals surface area contributed by atoms with E-state index < -0.39 is 0 Å². The number of amidine groups is 1. The first kappa shape index (κ1) is 22.1. The van der Waals surface area contributed by atoms with Crippen molar-refractivity contribution in [2.45, 2.75) is 79.1 Å². The summed E-state index contributed by atoms with van der Waals surface area (Å²) in [6.07, 6.45) is 12.9. The maximum absolute atomic E-state index is 2.65. The molecule has 0 unspecified atom stereocenters. The molecule has 0 bridgehead atoms. The van der Waals surface area contributed by atoms with Crippen molar-refractivity contribution in [3.8, 4) is 0 Å².